The van der Waals surface area contributed by atoms with Crippen LogP contribution < -0.4 is 10.1 Å². The predicted molar refractivity (Wildman–Crippen MR) is 137 cm³/mol. The number of thioether (sulfide) groups is 1. The van der Waals surface area contributed by atoms with Crippen molar-refractivity contribution in [3.8, 4) is 5.75 Å². The van der Waals surface area contributed by atoms with E-state index in [1.165, 1.54) is 37.1 Å². The molecule has 0 spiro atoms. The maximum atomic E-state index is 13.3. The van der Waals surface area contributed by atoms with Crippen LogP contribution in [0, 0.1) is 10.1 Å². The van der Waals surface area contributed by atoms with Crippen LogP contribution in [0.1, 0.15) is 12.1 Å². The van der Waals surface area contributed by atoms with E-state index in [1.54, 1.807) is 11.1 Å². The number of methoxy groups -OCH3 is 1. The van der Waals surface area contributed by atoms with E-state index in [0.717, 1.165) is 5.69 Å². The molecule has 184 valence electrons. The van der Waals surface area contributed by atoms with Gasteiger partial charge in [-0.15, -0.1) is 0 Å². The van der Waals surface area contributed by atoms with Gasteiger partial charge < -0.3 is 10.1 Å². The van der Waals surface area contributed by atoms with Crippen molar-refractivity contribution in [2.45, 2.75) is 18.1 Å². The summed E-state index contributed by atoms with van der Waals surface area (Å²) in [4.78, 5) is 47.4. The van der Waals surface area contributed by atoms with Crippen LogP contribution in [0.3, 0.4) is 0 Å². The van der Waals surface area contributed by atoms with E-state index < -0.39 is 16.1 Å². The molecular weight excluding hydrogens is 482 g/mol. The molecule has 11 heteroatoms. The zero-order valence-electron chi connectivity index (χ0n) is 19.4. The molecule has 1 unspecified atom stereocenters. The number of pyridine rings is 1. The zero-order chi connectivity index (χ0) is 25.5. The summed E-state index contributed by atoms with van der Waals surface area (Å²) in [5.41, 5.74) is 1.26. The first-order valence-electron chi connectivity index (χ1n) is 11.1. The molecular formula is C25H23N5O5S. The molecule has 10 nitrogen and oxygen atoms in total. The number of amides is 2. The average molecular weight is 506 g/mol. The number of nitro benzene ring substituents is 1. The number of carbonyl (C=O) groups excluding carboxylic acids is 2. The molecule has 2 aromatic carbocycles. The third-order valence-corrected chi connectivity index (χ3v) is 6.54. The molecule has 0 bridgehead atoms. The Hall–Kier alpha value is -4.25. The standard InChI is InChI=1S/C25H23N5O5S/c1-35-19-10-11-20(21(15-19)30(33)34)28-23(31)16-22-24(32)29(14-12-17-7-5-6-13-26-17)25(36-22)27-18-8-3-2-4-9-18/h2-11,13,15,22H,12,14,16H2,1H3,(H,28,31). The molecule has 0 saturated carbocycles. The van der Waals surface area contributed by atoms with Crippen LogP contribution in [0.4, 0.5) is 17.1 Å². The maximum Gasteiger partial charge on any atom is 0.296 e. The number of ether oxygens (including phenoxy) is 1. The molecule has 0 radical (unpaired) electrons. The molecule has 2 amide bonds. The van der Waals surface area contributed by atoms with Gasteiger partial charge in [0.2, 0.25) is 11.8 Å². The first-order chi connectivity index (χ1) is 17.4. The number of para-hydroxylation sites is 1. The summed E-state index contributed by atoms with van der Waals surface area (Å²) in [6, 6.07) is 19.0. The number of rotatable bonds is 9. The van der Waals surface area contributed by atoms with Gasteiger partial charge in [-0.1, -0.05) is 36.0 Å². The van der Waals surface area contributed by atoms with Gasteiger partial charge in [0.05, 0.1) is 23.8 Å². The van der Waals surface area contributed by atoms with Crippen molar-refractivity contribution in [2.24, 2.45) is 4.99 Å². The fraction of sp³-hybridized carbons (Fsp3) is 0.200. The van der Waals surface area contributed by atoms with Crippen molar-refractivity contribution in [3.63, 3.8) is 0 Å². The van der Waals surface area contributed by atoms with Crippen LogP contribution in [0.2, 0.25) is 0 Å². The summed E-state index contributed by atoms with van der Waals surface area (Å²) >= 11 is 1.20. The van der Waals surface area contributed by atoms with E-state index in [-0.39, 0.29) is 23.7 Å². The highest BCUT2D eigenvalue weighted by Gasteiger charge is 2.39. The zero-order valence-corrected chi connectivity index (χ0v) is 20.2. The van der Waals surface area contributed by atoms with Crippen LogP contribution in [0.25, 0.3) is 0 Å². The lowest BCUT2D eigenvalue weighted by molar-refractivity contribution is -0.384. The van der Waals surface area contributed by atoms with Gasteiger partial charge in [0.15, 0.2) is 5.17 Å². The number of benzene rings is 2. The molecule has 2 heterocycles. The van der Waals surface area contributed by atoms with E-state index in [9.17, 15) is 19.7 Å². The Bertz CT molecular complexity index is 1290. The van der Waals surface area contributed by atoms with Crippen molar-refractivity contribution in [3.05, 3.63) is 88.7 Å². The van der Waals surface area contributed by atoms with Gasteiger partial charge in [-0.2, -0.15) is 0 Å². The van der Waals surface area contributed by atoms with Crippen molar-refractivity contribution >= 4 is 45.8 Å². The van der Waals surface area contributed by atoms with Gasteiger partial charge >= 0.3 is 0 Å². The Morgan fingerprint density at radius 1 is 1.19 bits per heavy atom. The lowest BCUT2D eigenvalue weighted by Gasteiger charge is -2.16. The molecule has 1 saturated heterocycles. The Balaban J connectivity index is 1.50. The minimum absolute atomic E-state index is 0.0337. The second kappa shape index (κ2) is 11.5. The second-order valence-corrected chi connectivity index (χ2v) is 8.96. The second-order valence-electron chi connectivity index (χ2n) is 7.79. The molecule has 36 heavy (non-hydrogen) atoms. The molecule has 1 atom stereocenters. The number of hydrogen-bond donors (Lipinski definition) is 1. The van der Waals surface area contributed by atoms with Gasteiger partial charge in [-0.05, 0) is 36.4 Å². The molecule has 4 rings (SSSR count). The highest BCUT2D eigenvalue weighted by Crippen LogP contribution is 2.33. The summed E-state index contributed by atoms with van der Waals surface area (Å²) in [5, 5.41) is 13.8. The Morgan fingerprint density at radius 2 is 1.97 bits per heavy atom. The first kappa shape index (κ1) is 24.9. The molecule has 1 N–H and O–H groups in total. The van der Waals surface area contributed by atoms with Gasteiger partial charge in [-0.3, -0.25) is 29.6 Å². The van der Waals surface area contributed by atoms with Crippen molar-refractivity contribution in [1.82, 2.24) is 9.88 Å². The van der Waals surface area contributed by atoms with Crippen LogP contribution in [-0.2, 0) is 16.0 Å². The smallest absolute Gasteiger partial charge is 0.296 e. The molecule has 0 aliphatic carbocycles. The number of aromatic nitrogens is 1. The largest absolute Gasteiger partial charge is 0.496 e. The Kier molecular flexibility index (Phi) is 7.91. The lowest BCUT2D eigenvalue weighted by atomic mass is 10.2. The van der Waals surface area contributed by atoms with Gasteiger partial charge in [0.25, 0.3) is 5.69 Å². The minimum Gasteiger partial charge on any atom is -0.496 e. The summed E-state index contributed by atoms with van der Waals surface area (Å²) in [6.07, 6.45) is 2.05. The summed E-state index contributed by atoms with van der Waals surface area (Å²) in [7, 11) is 1.40. The number of nitro groups is 1. The fourth-order valence-electron chi connectivity index (χ4n) is 3.58. The average Bonchev–Trinajstić information content (AvgIpc) is 3.17. The van der Waals surface area contributed by atoms with E-state index in [0.29, 0.717) is 29.6 Å². The molecule has 1 aliphatic rings. The van der Waals surface area contributed by atoms with Crippen molar-refractivity contribution in [2.75, 3.05) is 19.0 Å². The van der Waals surface area contributed by atoms with E-state index in [4.69, 9.17) is 4.74 Å². The number of hydrogen-bond acceptors (Lipinski definition) is 8. The summed E-state index contributed by atoms with van der Waals surface area (Å²) < 4.78 is 5.03. The van der Waals surface area contributed by atoms with Crippen LogP contribution in [0.5, 0.6) is 5.75 Å². The van der Waals surface area contributed by atoms with E-state index >= 15 is 0 Å². The lowest BCUT2D eigenvalue weighted by Crippen LogP contribution is -2.35. The van der Waals surface area contributed by atoms with Crippen molar-refractivity contribution in [1.29, 1.82) is 0 Å². The van der Waals surface area contributed by atoms with Crippen LogP contribution >= 0.6 is 11.8 Å². The van der Waals surface area contributed by atoms with E-state index in [2.05, 4.69) is 15.3 Å². The van der Waals surface area contributed by atoms with Crippen LogP contribution in [-0.4, -0.2) is 50.7 Å². The maximum absolute atomic E-state index is 13.3. The Morgan fingerprint density at radius 3 is 2.67 bits per heavy atom. The van der Waals surface area contributed by atoms with Gasteiger partial charge in [0.1, 0.15) is 16.7 Å². The third kappa shape index (κ3) is 6.05. The minimum atomic E-state index is -0.714. The Labute approximate surface area is 211 Å². The highest BCUT2D eigenvalue weighted by molar-refractivity contribution is 8.15. The van der Waals surface area contributed by atoms with Gasteiger partial charge in [-0.25, -0.2) is 4.99 Å². The summed E-state index contributed by atoms with van der Waals surface area (Å²) in [6.45, 7) is 0.358. The normalized spacial score (nSPS) is 16.2. The predicted octanol–water partition coefficient (Wildman–Crippen LogP) is 4.20. The number of nitrogens with one attached hydrogen (secondary N) is 1. The number of aliphatic imine (C=N–C) groups is 1. The van der Waals surface area contributed by atoms with Crippen molar-refractivity contribution < 1.29 is 19.2 Å². The molecule has 3 aromatic rings. The highest BCUT2D eigenvalue weighted by atomic mass is 32.2. The monoisotopic (exact) mass is 505 g/mol. The van der Waals surface area contributed by atoms with Crippen LogP contribution in [0.15, 0.2) is 77.9 Å². The quantitative estimate of drug-likeness (QED) is 0.341. The molecule has 1 fully saturated rings. The van der Waals surface area contributed by atoms with E-state index in [1.807, 2.05) is 48.5 Å². The molecule has 1 aliphatic heterocycles. The SMILES string of the molecule is COc1ccc(NC(=O)CC2SC(=Nc3ccccc3)N(CCc3ccccn3)C2=O)c([N+](=O)[O-])c1. The number of anilines is 1. The third-order valence-electron chi connectivity index (χ3n) is 5.37. The number of nitrogens with zero attached hydrogens (tertiary/aromatic N) is 4. The van der Waals surface area contributed by atoms with Gasteiger partial charge in [0, 0.05) is 31.3 Å². The molecule has 1 aromatic heterocycles. The number of amidine groups is 1. The number of carbonyl (C=O) groups is 2. The topological polar surface area (TPSA) is 127 Å². The fourth-order valence-corrected chi connectivity index (χ4v) is 4.76. The first-order valence-corrected chi connectivity index (χ1v) is 12.0. The summed E-state index contributed by atoms with van der Waals surface area (Å²) in [5.74, 6) is -0.462.